The Morgan fingerprint density at radius 3 is 1.33 bits per heavy atom. The zero-order valence-electron chi connectivity index (χ0n) is 14.0. The first-order chi connectivity index (χ1) is 10.1. The molecule has 1 saturated heterocycles. The number of amides is 4. The molecule has 6 nitrogen and oxygen atoms in total. The van der Waals surface area contributed by atoms with Gasteiger partial charge in [0.25, 0.3) is 0 Å². The fourth-order valence-corrected chi connectivity index (χ4v) is 2.69. The van der Waals surface area contributed by atoms with Gasteiger partial charge in [0.1, 0.15) is 0 Å². The summed E-state index contributed by atoms with van der Waals surface area (Å²) in [4.78, 5) is 32.2. The van der Waals surface area contributed by atoms with Gasteiger partial charge < -0.3 is 19.6 Å². The van der Waals surface area contributed by atoms with E-state index in [4.69, 9.17) is 0 Å². The van der Waals surface area contributed by atoms with Crippen molar-refractivity contribution in [1.82, 2.24) is 19.6 Å². The summed E-state index contributed by atoms with van der Waals surface area (Å²) in [6.45, 7) is 13.6. The minimum atomic E-state index is 0.0946. The van der Waals surface area contributed by atoms with E-state index < -0.39 is 0 Å². The first kappa shape index (κ1) is 17.6. The average molecular weight is 298 g/mol. The van der Waals surface area contributed by atoms with Gasteiger partial charge in [-0.15, -0.1) is 0 Å². The van der Waals surface area contributed by atoms with Crippen LogP contribution in [0.5, 0.6) is 0 Å². The van der Waals surface area contributed by atoms with Crippen LogP contribution >= 0.6 is 0 Å². The van der Waals surface area contributed by atoms with Gasteiger partial charge in [0.15, 0.2) is 0 Å². The Hall–Kier alpha value is -1.46. The molecule has 0 radical (unpaired) electrons. The highest BCUT2D eigenvalue weighted by Gasteiger charge is 2.25. The van der Waals surface area contributed by atoms with Crippen LogP contribution in [0.2, 0.25) is 0 Å². The molecule has 0 aromatic carbocycles. The molecule has 0 bridgehead atoms. The number of carbonyl (C=O) groups is 2. The second-order valence-corrected chi connectivity index (χ2v) is 5.24. The van der Waals surface area contributed by atoms with E-state index >= 15 is 0 Å². The molecule has 0 saturated carbocycles. The summed E-state index contributed by atoms with van der Waals surface area (Å²) in [6.07, 6.45) is 0.847. The minimum Gasteiger partial charge on any atom is -0.325 e. The summed E-state index contributed by atoms with van der Waals surface area (Å²) >= 11 is 0. The van der Waals surface area contributed by atoms with Gasteiger partial charge in [0.05, 0.1) is 0 Å². The van der Waals surface area contributed by atoms with Crippen molar-refractivity contribution in [1.29, 1.82) is 0 Å². The van der Waals surface area contributed by atoms with Crippen LogP contribution in [-0.2, 0) is 0 Å². The monoisotopic (exact) mass is 298 g/mol. The van der Waals surface area contributed by atoms with E-state index in [1.165, 1.54) is 0 Å². The third-order valence-corrected chi connectivity index (χ3v) is 4.10. The van der Waals surface area contributed by atoms with E-state index in [9.17, 15) is 9.59 Å². The highest BCUT2D eigenvalue weighted by molar-refractivity contribution is 5.76. The third kappa shape index (κ3) is 4.51. The largest absolute Gasteiger partial charge is 0.325 e. The first-order valence-corrected chi connectivity index (χ1v) is 8.16. The van der Waals surface area contributed by atoms with Crippen LogP contribution in [0.15, 0.2) is 0 Å². The highest BCUT2D eigenvalue weighted by Crippen LogP contribution is 2.09. The standard InChI is InChI=1S/C15H30N4O2/c1-5-16(6-2)14(20)18-10-9-11-19(13-12-18)15(21)17(7-3)8-4/h5-13H2,1-4H3. The molecule has 0 aliphatic carbocycles. The molecule has 0 aromatic heterocycles. The number of rotatable bonds is 4. The van der Waals surface area contributed by atoms with Gasteiger partial charge in [0, 0.05) is 52.4 Å². The number of hydrogen-bond donors (Lipinski definition) is 0. The molecule has 6 heteroatoms. The van der Waals surface area contributed by atoms with Crippen molar-refractivity contribution in [3.63, 3.8) is 0 Å². The molecule has 0 aromatic rings. The first-order valence-electron chi connectivity index (χ1n) is 8.16. The zero-order valence-corrected chi connectivity index (χ0v) is 14.0. The molecule has 1 aliphatic heterocycles. The fourth-order valence-electron chi connectivity index (χ4n) is 2.69. The van der Waals surface area contributed by atoms with Gasteiger partial charge in [-0.2, -0.15) is 0 Å². The molecular weight excluding hydrogens is 268 g/mol. The van der Waals surface area contributed by atoms with Crippen molar-refractivity contribution in [2.75, 3.05) is 52.4 Å². The molecule has 0 spiro atoms. The minimum absolute atomic E-state index is 0.0946. The molecule has 1 aliphatic rings. The van der Waals surface area contributed by atoms with Gasteiger partial charge in [-0.05, 0) is 34.1 Å². The van der Waals surface area contributed by atoms with Gasteiger partial charge in [-0.1, -0.05) is 0 Å². The Balaban J connectivity index is 2.61. The van der Waals surface area contributed by atoms with E-state index in [0.717, 1.165) is 45.7 Å². The van der Waals surface area contributed by atoms with E-state index in [0.29, 0.717) is 13.1 Å². The molecule has 122 valence electrons. The molecule has 0 atom stereocenters. The predicted octanol–water partition coefficient (Wildman–Crippen LogP) is 1.92. The van der Waals surface area contributed by atoms with Crippen LogP contribution in [0.25, 0.3) is 0 Å². The maximum absolute atomic E-state index is 12.4. The number of nitrogens with zero attached hydrogens (tertiary/aromatic N) is 4. The summed E-state index contributed by atoms with van der Waals surface area (Å²) < 4.78 is 0. The van der Waals surface area contributed by atoms with Gasteiger partial charge >= 0.3 is 12.1 Å². The highest BCUT2D eigenvalue weighted by atomic mass is 16.2. The zero-order chi connectivity index (χ0) is 15.8. The fraction of sp³-hybridized carbons (Fsp3) is 0.867. The molecule has 1 fully saturated rings. The SMILES string of the molecule is CCN(CC)C(=O)N1CCCN(C(=O)N(CC)CC)CC1. The maximum Gasteiger partial charge on any atom is 0.320 e. The maximum atomic E-state index is 12.4. The lowest BCUT2D eigenvalue weighted by Gasteiger charge is -2.29. The van der Waals surface area contributed by atoms with E-state index in [1.807, 2.05) is 47.3 Å². The summed E-state index contributed by atoms with van der Waals surface area (Å²) in [5.74, 6) is 0. The lowest BCUT2D eigenvalue weighted by Crippen LogP contribution is -2.46. The Morgan fingerprint density at radius 2 is 1.05 bits per heavy atom. The predicted molar refractivity (Wildman–Crippen MR) is 84.4 cm³/mol. The summed E-state index contributed by atoms with van der Waals surface area (Å²) in [7, 11) is 0. The van der Waals surface area contributed by atoms with Crippen molar-refractivity contribution in [2.24, 2.45) is 0 Å². The molecule has 0 unspecified atom stereocenters. The number of carbonyl (C=O) groups excluding carboxylic acids is 2. The van der Waals surface area contributed by atoms with E-state index in [-0.39, 0.29) is 12.1 Å². The second-order valence-electron chi connectivity index (χ2n) is 5.24. The van der Waals surface area contributed by atoms with Crippen LogP contribution in [0.3, 0.4) is 0 Å². The molecule has 0 N–H and O–H groups in total. The van der Waals surface area contributed by atoms with Crippen molar-refractivity contribution in [3.05, 3.63) is 0 Å². The van der Waals surface area contributed by atoms with Gasteiger partial charge in [-0.3, -0.25) is 0 Å². The van der Waals surface area contributed by atoms with Gasteiger partial charge in [0.2, 0.25) is 0 Å². The van der Waals surface area contributed by atoms with Crippen molar-refractivity contribution in [3.8, 4) is 0 Å². The average Bonchev–Trinajstić information content (AvgIpc) is 2.75. The smallest absolute Gasteiger partial charge is 0.320 e. The molecule has 4 amide bonds. The van der Waals surface area contributed by atoms with Crippen molar-refractivity contribution in [2.45, 2.75) is 34.1 Å². The van der Waals surface area contributed by atoms with Crippen LogP contribution in [0.1, 0.15) is 34.1 Å². The summed E-state index contributed by atoms with van der Waals surface area (Å²) in [5.41, 5.74) is 0. The molecule has 1 rings (SSSR count). The van der Waals surface area contributed by atoms with Crippen LogP contribution < -0.4 is 0 Å². The number of hydrogen-bond acceptors (Lipinski definition) is 2. The van der Waals surface area contributed by atoms with Crippen LogP contribution in [0.4, 0.5) is 9.59 Å². The van der Waals surface area contributed by atoms with Crippen LogP contribution in [0, 0.1) is 0 Å². The van der Waals surface area contributed by atoms with Gasteiger partial charge in [-0.25, -0.2) is 9.59 Å². The topological polar surface area (TPSA) is 47.1 Å². The second kappa shape index (κ2) is 8.74. The normalized spacial score (nSPS) is 15.6. The Morgan fingerprint density at radius 1 is 0.714 bits per heavy atom. The Bertz CT molecular complexity index is 309. The van der Waals surface area contributed by atoms with Crippen LogP contribution in [-0.4, -0.2) is 84.0 Å². The van der Waals surface area contributed by atoms with Crippen molar-refractivity contribution < 1.29 is 9.59 Å². The molecular formula is C15H30N4O2. The van der Waals surface area contributed by atoms with Crippen molar-refractivity contribution >= 4 is 12.1 Å². The summed E-state index contributed by atoms with van der Waals surface area (Å²) in [6, 6.07) is 0.189. The third-order valence-electron chi connectivity index (χ3n) is 4.10. The molecule has 1 heterocycles. The summed E-state index contributed by atoms with van der Waals surface area (Å²) in [5, 5.41) is 0. The number of urea groups is 2. The quantitative estimate of drug-likeness (QED) is 0.796. The van der Waals surface area contributed by atoms with E-state index in [2.05, 4.69) is 0 Å². The Kier molecular flexibility index (Phi) is 7.32. The lowest BCUT2D eigenvalue weighted by molar-refractivity contribution is 0.150. The Labute approximate surface area is 128 Å². The lowest BCUT2D eigenvalue weighted by atomic mass is 10.4. The van der Waals surface area contributed by atoms with E-state index in [1.54, 1.807) is 0 Å². The molecule has 21 heavy (non-hydrogen) atoms.